The number of amides is 2. The number of benzene rings is 1. The number of alkyl halides is 2. The van der Waals surface area contributed by atoms with Crippen LogP contribution in [0.3, 0.4) is 0 Å². The third-order valence-corrected chi connectivity index (χ3v) is 5.88. The van der Waals surface area contributed by atoms with Crippen LogP contribution >= 0.6 is 23.2 Å². The first-order valence-corrected chi connectivity index (χ1v) is 10.8. The molecule has 1 N–H and O–H groups in total. The Labute approximate surface area is 170 Å². The van der Waals surface area contributed by atoms with Crippen molar-refractivity contribution in [3.05, 3.63) is 35.6 Å². The summed E-state index contributed by atoms with van der Waals surface area (Å²) >= 11 is 10.9. The van der Waals surface area contributed by atoms with Crippen molar-refractivity contribution in [2.45, 2.75) is 10.9 Å². The molecule has 12 heteroatoms. The molecule has 8 nitrogen and oxygen atoms in total. The lowest BCUT2D eigenvalue weighted by atomic mass is 10.2. The van der Waals surface area contributed by atoms with Crippen LogP contribution in [0.15, 0.2) is 29.8 Å². The van der Waals surface area contributed by atoms with Gasteiger partial charge in [0.05, 0.1) is 30.2 Å². The summed E-state index contributed by atoms with van der Waals surface area (Å²) in [6.45, 7) is 0.254. The second-order valence-electron chi connectivity index (χ2n) is 6.14. The molecular weight excluding hydrogens is 436 g/mol. The molecule has 0 spiro atoms. The summed E-state index contributed by atoms with van der Waals surface area (Å²) in [7, 11) is -3.25. The Balaban J connectivity index is 1.68. The number of cyclic esters (lactones) is 1. The van der Waals surface area contributed by atoms with Gasteiger partial charge in [-0.25, -0.2) is 17.6 Å². The van der Waals surface area contributed by atoms with E-state index < -0.39 is 38.6 Å². The predicted molar refractivity (Wildman–Crippen MR) is 103 cm³/mol. The van der Waals surface area contributed by atoms with Gasteiger partial charge in [0.25, 0.3) is 5.91 Å². The summed E-state index contributed by atoms with van der Waals surface area (Å²) in [5.74, 6) is -1.33. The monoisotopic (exact) mass is 451 g/mol. The highest BCUT2D eigenvalue weighted by molar-refractivity contribution is 7.94. The molecule has 1 saturated heterocycles. The normalized spacial score (nSPS) is 21.1. The van der Waals surface area contributed by atoms with Gasteiger partial charge in [-0.05, 0) is 18.2 Å². The minimum absolute atomic E-state index is 0.0185. The number of carbonyl (C=O) groups excluding carboxylic acids is 2. The first kappa shape index (κ1) is 20.7. The fourth-order valence-electron chi connectivity index (χ4n) is 2.76. The minimum atomic E-state index is -3.25. The van der Waals surface area contributed by atoms with E-state index >= 15 is 0 Å². The molecule has 28 heavy (non-hydrogen) atoms. The molecular formula is C16H16Cl2FN3O5S. The molecule has 2 aliphatic heterocycles. The van der Waals surface area contributed by atoms with Crippen LogP contribution in [0.4, 0.5) is 20.6 Å². The number of sulfone groups is 1. The highest BCUT2D eigenvalue weighted by Gasteiger charge is 2.33. The minimum Gasteiger partial charge on any atom is -0.442 e. The molecule has 1 atom stereocenters. The van der Waals surface area contributed by atoms with Crippen LogP contribution in [0.1, 0.15) is 0 Å². The van der Waals surface area contributed by atoms with E-state index in [-0.39, 0.29) is 36.8 Å². The topological polar surface area (TPSA) is 96.0 Å². The summed E-state index contributed by atoms with van der Waals surface area (Å²) in [4.78, 5) is 24.9. The van der Waals surface area contributed by atoms with E-state index in [4.69, 9.17) is 27.9 Å². The number of nitrogens with zero attached hydrogens (tertiary/aromatic N) is 2. The highest BCUT2D eigenvalue weighted by Crippen LogP contribution is 2.29. The number of halogens is 3. The van der Waals surface area contributed by atoms with Gasteiger partial charge in [0.15, 0.2) is 14.7 Å². The van der Waals surface area contributed by atoms with Gasteiger partial charge in [-0.15, -0.1) is 0 Å². The van der Waals surface area contributed by atoms with Gasteiger partial charge >= 0.3 is 6.09 Å². The first-order valence-electron chi connectivity index (χ1n) is 8.17. The molecule has 2 aliphatic rings. The second-order valence-corrected chi connectivity index (χ2v) is 9.25. The molecule has 0 saturated carbocycles. The lowest BCUT2D eigenvalue weighted by molar-refractivity contribution is -0.119. The molecule has 152 valence electrons. The molecule has 1 aromatic carbocycles. The van der Waals surface area contributed by atoms with E-state index in [1.54, 1.807) is 0 Å². The van der Waals surface area contributed by atoms with Gasteiger partial charge < -0.3 is 15.0 Å². The van der Waals surface area contributed by atoms with E-state index in [2.05, 4.69) is 5.32 Å². The number of hydrogen-bond donors (Lipinski definition) is 1. The van der Waals surface area contributed by atoms with Gasteiger partial charge in [-0.3, -0.25) is 9.69 Å². The molecule has 0 aliphatic carbocycles. The molecule has 1 aromatic rings. The third kappa shape index (κ3) is 4.68. The zero-order chi connectivity index (χ0) is 20.5. The van der Waals surface area contributed by atoms with E-state index in [0.29, 0.717) is 0 Å². The van der Waals surface area contributed by atoms with E-state index in [1.165, 1.54) is 34.2 Å². The van der Waals surface area contributed by atoms with Gasteiger partial charge in [0, 0.05) is 18.2 Å². The van der Waals surface area contributed by atoms with Crippen molar-refractivity contribution in [2.24, 2.45) is 0 Å². The van der Waals surface area contributed by atoms with Crippen LogP contribution < -0.4 is 15.1 Å². The first-order chi connectivity index (χ1) is 13.2. The summed E-state index contributed by atoms with van der Waals surface area (Å²) < 4.78 is 42.6. The van der Waals surface area contributed by atoms with E-state index in [9.17, 15) is 22.4 Å². The molecule has 0 bridgehead atoms. The Hall–Kier alpha value is -2.04. The fourth-order valence-corrected chi connectivity index (χ4v) is 3.84. The van der Waals surface area contributed by atoms with Gasteiger partial charge in [-0.1, -0.05) is 23.2 Å². The van der Waals surface area contributed by atoms with Gasteiger partial charge in [-0.2, -0.15) is 0 Å². The summed E-state index contributed by atoms with van der Waals surface area (Å²) in [6.07, 6.45) is -0.00835. The number of rotatable bonds is 5. The molecule has 2 amide bonds. The van der Waals surface area contributed by atoms with Crippen molar-refractivity contribution in [3.63, 3.8) is 0 Å². The zero-order valence-corrected chi connectivity index (χ0v) is 16.7. The van der Waals surface area contributed by atoms with Crippen molar-refractivity contribution in [2.75, 3.05) is 35.2 Å². The maximum atomic E-state index is 14.6. The number of ether oxygens (including phenoxy) is 1. The average molecular weight is 452 g/mol. The lowest BCUT2D eigenvalue weighted by Gasteiger charge is -2.24. The summed E-state index contributed by atoms with van der Waals surface area (Å²) in [5, 5.41) is 3.48. The standard InChI is InChI=1S/C16H16Cl2FN3O5S/c17-14(18)15(23)20-8-11-9-22(16(24)27-11)10-1-2-13(12(19)7-10)21-3-5-28(25,26)6-4-21/h1-3,5,7,11,14H,4,6,8-9H2,(H,20,23). The van der Waals surface area contributed by atoms with Crippen molar-refractivity contribution < 1.29 is 27.1 Å². The second kappa shape index (κ2) is 8.14. The van der Waals surface area contributed by atoms with Crippen LogP contribution in [0.5, 0.6) is 0 Å². The number of hydrogen-bond acceptors (Lipinski definition) is 6. The Morgan fingerprint density at radius 3 is 2.75 bits per heavy atom. The Kier molecular flexibility index (Phi) is 6.01. The largest absolute Gasteiger partial charge is 0.442 e. The molecule has 1 unspecified atom stereocenters. The van der Waals surface area contributed by atoms with Crippen molar-refractivity contribution in [3.8, 4) is 0 Å². The van der Waals surface area contributed by atoms with Crippen LogP contribution in [0.25, 0.3) is 0 Å². The third-order valence-electron chi connectivity index (χ3n) is 4.19. The smallest absolute Gasteiger partial charge is 0.414 e. The molecule has 0 aromatic heterocycles. The fraction of sp³-hybridized carbons (Fsp3) is 0.375. The molecule has 3 rings (SSSR count). The van der Waals surface area contributed by atoms with E-state index in [0.717, 1.165) is 5.41 Å². The molecule has 0 radical (unpaired) electrons. The van der Waals surface area contributed by atoms with Crippen LogP contribution in [-0.4, -0.2) is 56.7 Å². The van der Waals surface area contributed by atoms with Gasteiger partial charge in [0.1, 0.15) is 11.9 Å². The number of carbonyl (C=O) groups is 2. The highest BCUT2D eigenvalue weighted by atomic mass is 35.5. The quantitative estimate of drug-likeness (QED) is 0.685. The lowest BCUT2D eigenvalue weighted by Crippen LogP contribution is -2.37. The number of anilines is 2. The average Bonchev–Trinajstić information content (AvgIpc) is 3.00. The van der Waals surface area contributed by atoms with Crippen molar-refractivity contribution in [1.29, 1.82) is 0 Å². The Morgan fingerprint density at radius 2 is 2.14 bits per heavy atom. The van der Waals surface area contributed by atoms with E-state index in [1.807, 2.05) is 0 Å². The van der Waals surface area contributed by atoms with Crippen molar-refractivity contribution in [1.82, 2.24) is 5.32 Å². The van der Waals surface area contributed by atoms with Crippen LogP contribution in [0, 0.1) is 5.82 Å². The predicted octanol–water partition coefficient (Wildman–Crippen LogP) is 1.78. The van der Waals surface area contributed by atoms with Gasteiger partial charge in [0.2, 0.25) is 0 Å². The van der Waals surface area contributed by atoms with Crippen molar-refractivity contribution >= 4 is 56.4 Å². The SMILES string of the molecule is O=C(NCC1CN(c2ccc(N3C=CS(=O)(=O)CC3)c(F)c2)C(=O)O1)C(Cl)Cl. The number of nitrogens with one attached hydrogen (secondary N) is 1. The Bertz CT molecular complexity index is 925. The van der Waals surface area contributed by atoms with Crippen LogP contribution in [-0.2, 0) is 19.4 Å². The molecule has 1 fully saturated rings. The van der Waals surface area contributed by atoms with Crippen LogP contribution in [0.2, 0.25) is 0 Å². The zero-order valence-electron chi connectivity index (χ0n) is 14.3. The molecule has 2 heterocycles. The summed E-state index contributed by atoms with van der Waals surface area (Å²) in [5.41, 5.74) is 0.475. The Morgan fingerprint density at radius 1 is 1.39 bits per heavy atom. The summed E-state index contributed by atoms with van der Waals surface area (Å²) in [6, 6.07) is 4.16. The maximum absolute atomic E-state index is 14.6. The maximum Gasteiger partial charge on any atom is 0.414 e.